The number of aromatic nitrogens is 1. The van der Waals surface area contributed by atoms with Gasteiger partial charge in [0, 0.05) is 50.5 Å². The minimum atomic E-state index is -0.426. The Morgan fingerprint density at radius 1 is 0.871 bits per heavy atom. The molecule has 0 atom stereocenters. The second kappa shape index (κ2) is 10.9. The molecule has 0 aliphatic carbocycles. The van der Waals surface area contributed by atoms with E-state index < -0.39 is 5.97 Å². The number of rotatable bonds is 7. The van der Waals surface area contributed by atoms with Gasteiger partial charge in [0.15, 0.2) is 5.78 Å². The van der Waals surface area contributed by atoms with E-state index in [1.165, 1.54) is 12.8 Å². The summed E-state index contributed by atoms with van der Waals surface area (Å²) in [5, 5.41) is 0. The van der Waals surface area contributed by atoms with Gasteiger partial charge in [-0.3, -0.25) is 19.4 Å². The van der Waals surface area contributed by atoms with Gasteiger partial charge in [0.05, 0.1) is 19.7 Å². The van der Waals surface area contributed by atoms with Gasteiger partial charge in [0.1, 0.15) is 5.69 Å². The molecule has 31 heavy (non-hydrogen) atoms. The smallest absolute Gasteiger partial charge is 0.355 e. The SMILES string of the molecule is CCOC(=O)c1[nH]c(C)c(C(=O)CN2CCN(CC(=O)N3CCCCCC3)CC2)c1C. The van der Waals surface area contributed by atoms with Crippen LogP contribution < -0.4 is 0 Å². The minimum absolute atomic E-state index is 0.0101. The third kappa shape index (κ3) is 5.95. The van der Waals surface area contributed by atoms with Gasteiger partial charge in [-0.2, -0.15) is 0 Å². The number of carbonyl (C=O) groups is 3. The number of carbonyl (C=O) groups excluding carboxylic acids is 3. The van der Waals surface area contributed by atoms with Gasteiger partial charge < -0.3 is 14.6 Å². The summed E-state index contributed by atoms with van der Waals surface area (Å²) in [6.45, 7) is 11.3. The van der Waals surface area contributed by atoms with Crippen LogP contribution in [0.2, 0.25) is 0 Å². The topological polar surface area (TPSA) is 86.0 Å². The van der Waals surface area contributed by atoms with E-state index in [-0.39, 0.29) is 11.7 Å². The number of nitrogens with zero attached hydrogens (tertiary/aromatic N) is 3. The molecule has 2 aliphatic heterocycles. The highest BCUT2D eigenvalue weighted by Crippen LogP contribution is 2.20. The van der Waals surface area contributed by atoms with Gasteiger partial charge in [-0.15, -0.1) is 0 Å². The number of aromatic amines is 1. The lowest BCUT2D eigenvalue weighted by molar-refractivity contribution is -0.132. The molecule has 8 nitrogen and oxygen atoms in total. The Hall–Kier alpha value is -2.19. The summed E-state index contributed by atoms with van der Waals surface area (Å²) >= 11 is 0. The molecule has 0 saturated carbocycles. The average molecular weight is 433 g/mol. The summed E-state index contributed by atoms with van der Waals surface area (Å²) in [5.74, 6) is -0.183. The number of hydrogen-bond acceptors (Lipinski definition) is 6. The van der Waals surface area contributed by atoms with E-state index in [0.29, 0.717) is 42.2 Å². The Labute approximate surface area is 184 Å². The van der Waals surface area contributed by atoms with E-state index >= 15 is 0 Å². The predicted octanol–water partition coefficient (Wildman–Crippen LogP) is 2.01. The molecule has 2 saturated heterocycles. The summed E-state index contributed by atoms with van der Waals surface area (Å²) in [7, 11) is 0. The van der Waals surface area contributed by atoms with Gasteiger partial charge >= 0.3 is 5.97 Å². The van der Waals surface area contributed by atoms with E-state index in [1.807, 2.05) is 11.8 Å². The van der Waals surface area contributed by atoms with E-state index in [0.717, 1.165) is 52.1 Å². The zero-order chi connectivity index (χ0) is 22.4. The Morgan fingerprint density at radius 3 is 2.03 bits per heavy atom. The zero-order valence-electron chi connectivity index (χ0n) is 19.2. The van der Waals surface area contributed by atoms with Crippen LogP contribution in [0.4, 0.5) is 0 Å². The first-order valence-electron chi connectivity index (χ1n) is 11.5. The lowest BCUT2D eigenvalue weighted by Gasteiger charge is -2.35. The zero-order valence-corrected chi connectivity index (χ0v) is 19.2. The molecule has 2 aliphatic rings. The van der Waals surface area contributed by atoms with Crippen molar-refractivity contribution in [1.29, 1.82) is 0 Å². The summed E-state index contributed by atoms with van der Waals surface area (Å²) in [6.07, 6.45) is 4.66. The Balaban J connectivity index is 1.50. The first kappa shape index (κ1) is 23.5. The van der Waals surface area contributed by atoms with Gasteiger partial charge in [-0.25, -0.2) is 4.79 Å². The van der Waals surface area contributed by atoms with E-state index in [1.54, 1.807) is 13.8 Å². The molecule has 8 heteroatoms. The molecular weight excluding hydrogens is 396 g/mol. The van der Waals surface area contributed by atoms with Crippen LogP contribution in [-0.4, -0.2) is 96.3 Å². The molecule has 3 heterocycles. The quantitative estimate of drug-likeness (QED) is 0.524. The highest BCUT2D eigenvalue weighted by atomic mass is 16.5. The maximum absolute atomic E-state index is 13.0. The lowest BCUT2D eigenvalue weighted by atomic mass is 10.0. The fourth-order valence-corrected chi connectivity index (χ4v) is 4.57. The Morgan fingerprint density at radius 2 is 1.45 bits per heavy atom. The van der Waals surface area contributed by atoms with Crippen molar-refractivity contribution < 1.29 is 19.1 Å². The maximum Gasteiger partial charge on any atom is 0.355 e. The fourth-order valence-electron chi connectivity index (χ4n) is 4.57. The third-order valence-corrected chi connectivity index (χ3v) is 6.35. The van der Waals surface area contributed by atoms with Crippen LogP contribution in [0.15, 0.2) is 0 Å². The number of ether oxygens (including phenoxy) is 1. The number of H-pyrrole nitrogens is 1. The monoisotopic (exact) mass is 432 g/mol. The minimum Gasteiger partial charge on any atom is -0.461 e. The second-order valence-corrected chi connectivity index (χ2v) is 8.62. The highest BCUT2D eigenvalue weighted by molar-refractivity contribution is 6.03. The normalized spacial score (nSPS) is 18.6. The number of hydrogen-bond donors (Lipinski definition) is 1. The number of amides is 1. The molecule has 0 aromatic carbocycles. The van der Waals surface area contributed by atoms with Crippen molar-refractivity contribution in [3.63, 3.8) is 0 Å². The Kier molecular flexibility index (Phi) is 8.26. The molecule has 2 fully saturated rings. The number of aryl methyl sites for hydroxylation is 1. The molecule has 3 rings (SSSR count). The van der Waals surface area contributed by atoms with Crippen molar-refractivity contribution in [2.75, 3.05) is 59.0 Å². The van der Waals surface area contributed by atoms with Crippen molar-refractivity contribution in [2.45, 2.75) is 46.5 Å². The highest BCUT2D eigenvalue weighted by Gasteiger charge is 2.26. The maximum atomic E-state index is 13.0. The van der Waals surface area contributed by atoms with Crippen molar-refractivity contribution in [1.82, 2.24) is 19.7 Å². The fraction of sp³-hybridized carbons (Fsp3) is 0.696. The molecular formula is C23H36N4O4. The van der Waals surface area contributed by atoms with Crippen molar-refractivity contribution >= 4 is 17.7 Å². The number of Topliss-reactive ketones (excluding diaryl/α,β-unsaturated/α-hetero) is 1. The van der Waals surface area contributed by atoms with Crippen LogP contribution in [0.1, 0.15) is 64.7 Å². The van der Waals surface area contributed by atoms with Gasteiger partial charge in [-0.05, 0) is 39.2 Å². The van der Waals surface area contributed by atoms with Crippen LogP contribution in [0.5, 0.6) is 0 Å². The van der Waals surface area contributed by atoms with E-state index in [2.05, 4.69) is 14.8 Å². The Bertz CT molecular complexity index is 788. The lowest BCUT2D eigenvalue weighted by Crippen LogP contribution is -2.51. The molecule has 0 unspecified atom stereocenters. The predicted molar refractivity (Wildman–Crippen MR) is 118 cm³/mol. The van der Waals surface area contributed by atoms with Crippen LogP contribution in [0, 0.1) is 13.8 Å². The number of ketones is 1. The number of piperazine rings is 1. The molecule has 0 spiro atoms. The first-order chi connectivity index (χ1) is 14.9. The summed E-state index contributed by atoms with van der Waals surface area (Å²) < 4.78 is 5.07. The van der Waals surface area contributed by atoms with Crippen LogP contribution >= 0.6 is 0 Å². The summed E-state index contributed by atoms with van der Waals surface area (Å²) in [4.78, 5) is 47.0. The number of nitrogens with one attached hydrogen (secondary N) is 1. The van der Waals surface area contributed by atoms with E-state index in [4.69, 9.17) is 4.74 Å². The van der Waals surface area contributed by atoms with Gasteiger partial charge in [0.25, 0.3) is 0 Å². The molecule has 1 amide bonds. The largest absolute Gasteiger partial charge is 0.461 e. The summed E-state index contributed by atoms with van der Waals surface area (Å²) in [5.41, 5.74) is 2.30. The molecule has 172 valence electrons. The molecule has 1 N–H and O–H groups in total. The standard InChI is InChI=1S/C23H36N4O4/c1-4-31-23(30)22-17(2)21(18(3)24-22)19(28)15-25-11-13-26(14-12-25)16-20(29)27-9-7-5-6-8-10-27/h24H,4-16H2,1-3H3. The van der Waals surface area contributed by atoms with Crippen molar-refractivity contribution in [3.05, 3.63) is 22.5 Å². The average Bonchev–Trinajstić information content (AvgIpc) is 2.90. The number of likely N-dealkylation sites (tertiary alicyclic amines) is 1. The molecule has 0 radical (unpaired) electrons. The number of esters is 1. The van der Waals surface area contributed by atoms with Crippen LogP contribution in [-0.2, 0) is 9.53 Å². The molecule has 1 aromatic rings. The van der Waals surface area contributed by atoms with Gasteiger partial charge in [-0.1, -0.05) is 12.8 Å². The first-order valence-corrected chi connectivity index (χ1v) is 11.5. The van der Waals surface area contributed by atoms with Gasteiger partial charge in [0.2, 0.25) is 5.91 Å². The van der Waals surface area contributed by atoms with Crippen molar-refractivity contribution in [3.8, 4) is 0 Å². The summed E-state index contributed by atoms with van der Waals surface area (Å²) in [6, 6.07) is 0. The second-order valence-electron chi connectivity index (χ2n) is 8.62. The van der Waals surface area contributed by atoms with E-state index in [9.17, 15) is 14.4 Å². The van der Waals surface area contributed by atoms with Crippen LogP contribution in [0.3, 0.4) is 0 Å². The third-order valence-electron chi connectivity index (χ3n) is 6.35. The molecule has 0 bridgehead atoms. The van der Waals surface area contributed by atoms with Crippen molar-refractivity contribution in [2.24, 2.45) is 0 Å². The van der Waals surface area contributed by atoms with Crippen LogP contribution in [0.25, 0.3) is 0 Å². The molecule has 1 aromatic heterocycles.